The van der Waals surface area contributed by atoms with Crippen LogP contribution in [0.1, 0.15) is 18.9 Å². The van der Waals surface area contributed by atoms with E-state index in [9.17, 15) is 9.90 Å². The lowest BCUT2D eigenvalue weighted by molar-refractivity contribution is -0.144. The summed E-state index contributed by atoms with van der Waals surface area (Å²) >= 11 is 1.69. The average molecular weight is 337 g/mol. The molecule has 0 aliphatic carbocycles. The van der Waals surface area contributed by atoms with E-state index in [1.807, 2.05) is 12.3 Å². The summed E-state index contributed by atoms with van der Waals surface area (Å²) in [4.78, 5) is 14.8. The van der Waals surface area contributed by atoms with Crippen molar-refractivity contribution in [3.63, 3.8) is 0 Å². The number of carboxylic acid groups (broad SMARTS) is 1. The van der Waals surface area contributed by atoms with E-state index in [1.54, 1.807) is 11.8 Å². The summed E-state index contributed by atoms with van der Waals surface area (Å²) < 4.78 is 11.3. The number of piperidine rings is 1. The van der Waals surface area contributed by atoms with Crippen LogP contribution < -0.4 is 9.47 Å². The van der Waals surface area contributed by atoms with E-state index in [2.05, 4.69) is 17.9 Å². The van der Waals surface area contributed by atoms with Crippen LogP contribution in [0.15, 0.2) is 17.0 Å². The maximum atomic E-state index is 11.3. The van der Waals surface area contributed by atoms with E-state index in [1.165, 1.54) is 10.5 Å². The maximum Gasteiger partial charge on any atom is 0.307 e. The third-order valence-electron chi connectivity index (χ3n) is 4.42. The molecule has 3 rings (SSSR count). The molecule has 1 aromatic carbocycles. The van der Waals surface area contributed by atoms with Crippen molar-refractivity contribution in [3.8, 4) is 11.5 Å². The predicted octanol–water partition coefficient (Wildman–Crippen LogP) is 2.72. The number of aliphatic carboxylic acids is 1. The smallest absolute Gasteiger partial charge is 0.307 e. The van der Waals surface area contributed by atoms with Crippen molar-refractivity contribution in [2.45, 2.75) is 24.8 Å². The third kappa shape index (κ3) is 3.75. The van der Waals surface area contributed by atoms with Gasteiger partial charge in [-0.3, -0.25) is 9.69 Å². The Bertz CT molecular complexity index is 592. The molecule has 2 aliphatic heterocycles. The summed E-state index contributed by atoms with van der Waals surface area (Å²) in [5, 5.41) is 9.33. The number of carboxylic acids is 1. The van der Waals surface area contributed by atoms with Gasteiger partial charge in [-0.2, -0.15) is 0 Å². The number of rotatable bonds is 4. The Morgan fingerprint density at radius 1 is 1.30 bits per heavy atom. The lowest BCUT2D eigenvalue weighted by atomic mass is 9.90. The largest absolute Gasteiger partial charge is 0.486 e. The molecule has 2 heterocycles. The van der Waals surface area contributed by atoms with Gasteiger partial charge in [-0.25, -0.2) is 0 Å². The molecule has 2 unspecified atom stereocenters. The molecule has 0 radical (unpaired) electrons. The van der Waals surface area contributed by atoms with Gasteiger partial charge in [0.2, 0.25) is 0 Å². The highest BCUT2D eigenvalue weighted by molar-refractivity contribution is 7.98. The highest BCUT2D eigenvalue weighted by Crippen LogP contribution is 2.37. The van der Waals surface area contributed by atoms with Crippen LogP contribution in [0.2, 0.25) is 0 Å². The van der Waals surface area contributed by atoms with Crippen molar-refractivity contribution < 1.29 is 19.4 Å². The number of hydrogen-bond acceptors (Lipinski definition) is 5. The van der Waals surface area contributed by atoms with Crippen LogP contribution in [-0.4, -0.2) is 48.5 Å². The molecule has 2 aliphatic rings. The summed E-state index contributed by atoms with van der Waals surface area (Å²) in [6.07, 6.45) is 2.82. The van der Waals surface area contributed by atoms with Crippen molar-refractivity contribution >= 4 is 17.7 Å². The van der Waals surface area contributed by atoms with Gasteiger partial charge in [0.1, 0.15) is 13.2 Å². The number of benzene rings is 1. The number of carbonyl (C=O) groups is 1. The van der Waals surface area contributed by atoms with E-state index in [0.717, 1.165) is 31.0 Å². The minimum absolute atomic E-state index is 0.270. The highest BCUT2D eigenvalue weighted by Gasteiger charge is 2.30. The standard InChI is InChI=1S/C17H23NO4S/c1-11-5-13(17(19)20)10-18(8-11)9-12-6-14-15(7-16(12)23-2)22-4-3-21-14/h6-7,11,13H,3-5,8-10H2,1-2H3,(H,19,20). The maximum absolute atomic E-state index is 11.3. The molecule has 0 spiro atoms. The lowest BCUT2D eigenvalue weighted by Gasteiger charge is -2.35. The second-order valence-electron chi connectivity index (χ2n) is 6.38. The van der Waals surface area contributed by atoms with Crippen molar-refractivity contribution in [1.82, 2.24) is 4.90 Å². The minimum Gasteiger partial charge on any atom is -0.486 e. The Morgan fingerprint density at radius 2 is 2.00 bits per heavy atom. The number of fused-ring (bicyclic) bond motifs is 1. The van der Waals surface area contributed by atoms with Gasteiger partial charge in [0.25, 0.3) is 0 Å². The Kier molecular flexibility index (Phi) is 5.02. The van der Waals surface area contributed by atoms with Crippen molar-refractivity contribution in [1.29, 1.82) is 0 Å². The minimum atomic E-state index is -0.686. The second-order valence-corrected chi connectivity index (χ2v) is 7.23. The van der Waals surface area contributed by atoms with Gasteiger partial charge >= 0.3 is 5.97 Å². The van der Waals surface area contributed by atoms with Crippen molar-refractivity contribution in [2.24, 2.45) is 11.8 Å². The van der Waals surface area contributed by atoms with Gasteiger partial charge in [0.05, 0.1) is 5.92 Å². The summed E-state index contributed by atoms with van der Waals surface area (Å²) in [7, 11) is 0. The summed E-state index contributed by atoms with van der Waals surface area (Å²) in [5.41, 5.74) is 1.18. The summed E-state index contributed by atoms with van der Waals surface area (Å²) in [5.74, 6) is 1.05. The van der Waals surface area contributed by atoms with Gasteiger partial charge in [0, 0.05) is 24.5 Å². The van der Waals surface area contributed by atoms with Gasteiger partial charge in [0.15, 0.2) is 11.5 Å². The molecule has 0 saturated carbocycles. The second kappa shape index (κ2) is 7.01. The fraction of sp³-hybridized carbons (Fsp3) is 0.588. The predicted molar refractivity (Wildman–Crippen MR) is 89.4 cm³/mol. The van der Waals surface area contributed by atoms with Crippen LogP contribution >= 0.6 is 11.8 Å². The zero-order chi connectivity index (χ0) is 16.4. The van der Waals surface area contributed by atoms with Gasteiger partial charge in [-0.1, -0.05) is 6.92 Å². The highest BCUT2D eigenvalue weighted by atomic mass is 32.2. The summed E-state index contributed by atoms with van der Waals surface area (Å²) in [6, 6.07) is 4.09. The molecule has 0 aromatic heterocycles. The van der Waals surface area contributed by atoms with Crippen LogP contribution in [0, 0.1) is 11.8 Å². The van der Waals surface area contributed by atoms with Crippen LogP contribution in [0.3, 0.4) is 0 Å². The topological polar surface area (TPSA) is 59.0 Å². The fourth-order valence-corrected chi connectivity index (χ4v) is 4.05. The summed E-state index contributed by atoms with van der Waals surface area (Å²) in [6.45, 7) is 5.59. The number of likely N-dealkylation sites (tertiary alicyclic amines) is 1. The first kappa shape index (κ1) is 16.5. The molecule has 23 heavy (non-hydrogen) atoms. The van der Waals surface area contributed by atoms with Crippen LogP contribution in [0.4, 0.5) is 0 Å². The normalized spacial score (nSPS) is 24.4. The lowest BCUT2D eigenvalue weighted by Crippen LogP contribution is -2.42. The molecule has 126 valence electrons. The molecule has 0 amide bonds. The Labute approximate surface area is 140 Å². The first-order valence-corrected chi connectivity index (χ1v) is 9.21. The molecule has 1 N–H and O–H groups in total. The Hall–Kier alpha value is -1.40. The molecule has 5 nitrogen and oxygen atoms in total. The van der Waals surface area contributed by atoms with Crippen molar-refractivity contribution in [3.05, 3.63) is 17.7 Å². The van der Waals surface area contributed by atoms with E-state index in [0.29, 0.717) is 25.7 Å². The Morgan fingerprint density at radius 3 is 2.65 bits per heavy atom. The molecular formula is C17H23NO4S. The third-order valence-corrected chi connectivity index (χ3v) is 5.24. The monoisotopic (exact) mass is 337 g/mol. The number of thioether (sulfide) groups is 1. The number of hydrogen-bond donors (Lipinski definition) is 1. The quantitative estimate of drug-likeness (QED) is 0.853. The molecule has 1 fully saturated rings. The van der Waals surface area contributed by atoms with Crippen LogP contribution in [0.25, 0.3) is 0 Å². The molecule has 6 heteroatoms. The molecule has 0 bridgehead atoms. The molecule has 2 atom stereocenters. The first-order valence-electron chi connectivity index (χ1n) is 7.98. The molecular weight excluding hydrogens is 314 g/mol. The zero-order valence-electron chi connectivity index (χ0n) is 13.6. The fourth-order valence-electron chi connectivity index (χ4n) is 3.44. The van der Waals surface area contributed by atoms with E-state index >= 15 is 0 Å². The number of ether oxygens (including phenoxy) is 2. The molecule has 1 aromatic rings. The van der Waals surface area contributed by atoms with E-state index in [4.69, 9.17) is 9.47 Å². The van der Waals surface area contributed by atoms with Gasteiger partial charge in [-0.05, 0) is 36.3 Å². The number of nitrogens with zero attached hydrogens (tertiary/aromatic N) is 1. The molecule has 1 saturated heterocycles. The van der Waals surface area contributed by atoms with E-state index < -0.39 is 5.97 Å². The SMILES string of the molecule is CSc1cc2c(cc1CN1CC(C)CC(C(=O)O)C1)OCCO2. The zero-order valence-corrected chi connectivity index (χ0v) is 14.4. The van der Waals surface area contributed by atoms with Crippen LogP contribution in [-0.2, 0) is 11.3 Å². The first-order chi connectivity index (χ1) is 11.1. The van der Waals surface area contributed by atoms with Gasteiger partial charge in [-0.15, -0.1) is 11.8 Å². The average Bonchev–Trinajstić information content (AvgIpc) is 2.53. The van der Waals surface area contributed by atoms with Crippen LogP contribution in [0.5, 0.6) is 11.5 Å². The Balaban J connectivity index is 1.80. The van der Waals surface area contributed by atoms with E-state index in [-0.39, 0.29) is 5.92 Å². The van der Waals surface area contributed by atoms with Crippen molar-refractivity contribution in [2.75, 3.05) is 32.6 Å². The van der Waals surface area contributed by atoms with Gasteiger partial charge < -0.3 is 14.6 Å².